The van der Waals surface area contributed by atoms with Crippen molar-refractivity contribution in [3.63, 3.8) is 0 Å². The van der Waals surface area contributed by atoms with E-state index in [9.17, 15) is 4.79 Å². The molecule has 1 N–H and O–H groups in total. The number of aryl methyl sites for hydroxylation is 1. The topological polar surface area (TPSA) is 80.5 Å². The molecule has 7 heteroatoms. The van der Waals surface area contributed by atoms with E-state index in [4.69, 9.17) is 9.26 Å². The van der Waals surface area contributed by atoms with Crippen LogP contribution < -0.4 is 10.1 Å². The van der Waals surface area contributed by atoms with E-state index in [1.807, 2.05) is 42.3 Å². The molecule has 0 aliphatic carbocycles. The van der Waals surface area contributed by atoms with Crippen molar-refractivity contribution in [2.75, 3.05) is 26.0 Å². The summed E-state index contributed by atoms with van der Waals surface area (Å²) in [4.78, 5) is 18.5. The van der Waals surface area contributed by atoms with Gasteiger partial charge >= 0.3 is 0 Å². The van der Waals surface area contributed by atoms with Gasteiger partial charge in [-0.05, 0) is 31.2 Å². The number of methoxy groups -OCH3 is 1. The molecule has 0 aliphatic heterocycles. The molecule has 1 aromatic heterocycles. The summed E-state index contributed by atoms with van der Waals surface area (Å²) >= 11 is 0. The van der Waals surface area contributed by atoms with Crippen molar-refractivity contribution in [1.82, 2.24) is 15.0 Å². The van der Waals surface area contributed by atoms with E-state index in [2.05, 4.69) is 34.5 Å². The number of hydrogen-bond acceptors (Lipinski definition) is 6. The molecule has 2 aromatic carbocycles. The molecule has 1 heterocycles. The van der Waals surface area contributed by atoms with Gasteiger partial charge in [-0.15, -0.1) is 0 Å². The maximum absolute atomic E-state index is 12.2. The molecular formula is C21H24N4O3. The summed E-state index contributed by atoms with van der Waals surface area (Å²) in [7, 11) is 3.41. The summed E-state index contributed by atoms with van der Waals surface area (Å²) < 4.78 is 10.5. The van der Waals surface area contributed by atoms with Crippen LogP contribution in [0.4, 0.5) is 5.69 Å². The standard InChI is InChI=1S/C21H24N4O3/c1-4-15-8-10-16(11-9-15)21-23-20(28-24-21)14-25(2)13-19(26)22-17-6-5-7-18(12-17)27-3/h5-12H,4,13-14H2,1-3H3,(H,22,26). The van der Waals surface area contributed by atoms with Crippen LogP contribution in [0.5, 0.6) is 5.75 Å². The molecule has 0 unspecified atom stereocenters. The molecule has 28 heavy (non-hydrogen) atoms. The Labute approximate surface area is 164 Å². The molecule has 0 aliphatic rings. The number of ether oxygens (including phenoxy) is 1. The number of hydrogen-bond donors (Lipinski definition) is 1. The normalized spacial score (nSPS) is 10.9. The second kappa shape index (κ2) is 9.14. The van der Waals surface area contributed by atoms with Crippen LogP contribution in [-0.4, -0.2) is 41.6 Å². The van der Waals surface area contributed by atoms with Crippen molar-refractivity contribution in [3.05, 3.63) is 60.0 Å². The van der Waals surface area contributed by atoms with Gasteiger partial charge in [-0.2, -0.15) is 4.98 Å². The largest absolute Gasteiger partial charge is 0.497 e. The molecule has 0 spiro atoms. The minimum absolute atomic E-state index is 0.134. The van der Waals surface area contributed by atoms with Crippen LogP contribution in [-0.2, 0) is 17.8 Å². The minimum Gasteiger partial charge on any atom is -0.497 e. The van der Waals surface area contributed by atoms with Crippen LogP contribution in [0.2, 0.25) is 0 Å². The Morgan fingerprint density at radius 2 is 2.00 bits per heavy atom. The molecule has 0 saturated heterocycles. The van der Waals surface area contributed by atoms with Crippen molar-refractivity contribution < 1.29 is 14.1 Å². The van der Waals surface area contributed by atoms with E-state index >= 15 is 0 Å². The third kappa shape index (κ3) is 5.17. The van der Waals surface area contributed by atoms with Crippen LogP contribution >= 0.6 is 0 Å². The molecule has 0 saturated carbocycles. The molecule has 7 nitrogen and oxygen atoms in total. The smallest absolute Gasteiger partial charge is 0.241 e. The lowest BCUT2D eigenvalue weighted by atomic mass is 10.1. The fraction of sp³-hybridized carbons (Fsp3) is 0.286. The summed E-state index contributed by atoms with van der Waals surface area (Å²) in [5.41, 5.74) is 2.85. The fourth-order valence-corrected chi connectivity index (χ4v) is 2.76. The van der Waals surface area contributed by atoms with Gasteiger partial charge in [0.05, 0.1) is 20.2 Å². The summed E-state index contributed by atoms with van der Waals surface area (Å²) in [5, 5.41) is 6.88. The lowest BCUT2D eigenvalue weighted by Gasteiger charge is -2.14. The van der Waals surface area contributed by atoms with E-state index in [-0.39, 0.29) is 12.5 Å². The SMILES string of the molecule is CCc1ccc(-c2noc(CN(C)CC(=O)Nc3cccc(OC)c3)n2)cc1. The van der Waals surface area contributed by atoms with Gasteiger partial charge in [0, 0.05) is 17.3 Å². The van der Waals surface area contributed by atoms with Crippen LogP contribution in [0.25, 0.3) is 11.4 Å². The van der Waals surface area contributed by atoms with Gasteiger partial charge in [-0.25, -0.2) is 0 Å². The highest BCUT2D eigenvalue weighted by atomic mass is 16.5. The van der Waals surface area contributed by atoms with Crippen LogP contribution in [0.15, 0.2) is 53.1 Å². The summed E-state index contributed by atoms with van der Waals surface area (Å²) in [6.45, 7) is 2.69. The highest BCUT2D eigenvalue weighted by molar-refractivity contribution is 5.92. The second-order valence-corrected chi connectivity index (χ2v) is 6.51. The monoisotopic (exact) mass is 380 g/mol. The lowest BCUT2D eigenvalue weighted by molar-refractivity contribution is -0.117. The van der Waals surface area contributed by atoms with Gasteiger partial charge in [0.25, 0.3) is 0 Å². The van der Waals surface area contributed by atoms with Gasteiger partial charge in [0.2, 0.25) is 17.6 Å². The number of carbonyl (C=O) groups is 1. The Balaban J connectivity index is 1.55. The number of carbonyl (C=O) groups excluding carboxylic acids is 1. The Bertz CT molecular complexity index is 921. The second-order valence-electron chi connectivity index (χ2n) is 6.51. The quantitative estimate of drug-likeness (QED) is 0.645. The van der Waals surface area contributed by atoms with E-state index < -0.39 is 0 Å². The Hall–Kier alpha value is -3.19. The Kier molecular flexibility index (Phi) is 6.39. The van der Waals surface area contributed by atoms with Gasteiger partial charge in [-0.1, -0.05) is 42.4 Å². The number of amides is 1. The minimum atomic E-state index is -0.134. The lowest BCUT2D eigenvalue weighted by Crippen LogP contribution is -2.29. The van der Waals surface area contributed by atoms with Gasteiger partial charge in [0.15, 0.2) is 0 Å². The van der Waals surface area contributed by atoms with Crippen molar-refractivity contribution in [2.24, 2.45) is 0 Å². The van der Waals surface area contributed by atoms with Crippen molar-refractivity contribution >= 4 is 11.6 Å². The number of aromatic nitrogens is 2. The van der Waals surface area contributed by atoms with E-state index in [1.54, 1.807) is 13.2 Å². The van der Waals surface area contributed by atoms with Gasteiger partial charge in [-0.3, -0.25) is 9.69 Å². The molecule has 0 fully saturated rings. The third-order valence-corrected chi connectivity index (χ3v) is 4.26. The predicted octanol–water partition coefficient (Wildman–Crippen LogP) is 3.38. The Morgan fingerprint density at radius 1 is 1.21 bits per heavy atom. The highest BCUT2D eigenvalue weighted by Gasteiger charge is 2.13. The first-order chi connectivity index (χ1) is 13.6. The third-order valence-electron chi connectivity index (χ3n) is 4.26. The average Bonchev–Trinajstić information content (AvgIpc) is 3.16. The first-order valence-corrected chi connectivity index (χ1v) is 9.11. The van der Waals surface area contributed by atoms with Crippen molar-refractivity contribution in [3.8, 4) is 17.1 Å². The number of anilines is 1. The van der Waals surface area contributed by atoms with E-state index in [0.29, 0.717) is 29.7 Å². The first kappa shape index (κ1) is 19.6. The molecule has 0 radical (unpaired) electrons. The summed E-state index contributed by atoms with van der Waals surface area (Å²) in [5.74, 6) is 1.57. The van der Waals surface area contributed by atoms with Crippen molar-refractivity contribution in [2.45, 2.75) is 19.9 Å². The van der Waals surface area contributed by atoms with Gasteiger partial charge in [0.1, 0.15) is 5.75 Å². The zero-order chi connectivity index (χ0) is 19.9. The number of nitrogens with one attached hydrogen (secondary N) is 1. The number of rotatable bonds is 8. The number of likely N-dealkylation sites (N-methyl/N-ethyl adjacent to an activating group) is 1. The van der Waals surface area contributed by atoms with Crippen LogP contribution in [0.3, 0.4) is 0 Å². The maximum atomic E-state index is 12.2. The zero-order valence-electron chi connectivity index (χ0n) is 16.3. The predicted molar refractivity (Wildman–Crippen MR) is 107 cm³/mol. The van der Waals surface area contributed by atoms with E-state index in [1.165, 1.54) is 5.56 Å². The molecule has 3 rings (SSSR count). The summed E-state index contributed by atoms with van der Waals surface area (Å²) in [6, 6.07) is 15.3. The fourth-order valence-electron chi connectivity index (χ4n) is 2.76. The van der Waals surface area contributed by atoms with Crippen LogP contribution in [0.1, 0.15) is 18.4 Å². The van der Waals surface area contributed by atoms with Crippen LogP contribution in [0, 0.1) is 0 Å². The maximum Gasteiger partial charge on any atom is 0.241 e. The average molecular weight is 380 g/mol. The molecule has 3 aromatic rings. The number of benzene rings is 2. The first-order valence-electron chi connectivity index (χ1n) is 9.11. The Morgan fingerprint density at radius 3 is 2.71 bits per heavy atom. The van der Waals surface area contributed by atoms with Crippen molar-refractivity contribution in [1.29, 1.82) is 0 Å². The van der Waals surface area contributed by atoms with E-state index in [0.717, 1.165) is 12.0 Å². The summed E-state index contributed by atoms with van der Waals surface area (Å²) in [6.07, 6.45) is 0.987. The van der Waals surface area contributed by atoms with Gasteiger partial charge < -0.3 is 14.6 Å². The zero-order valence-corrected chi connectivity index (χ0v) is 16.3. The molecule has 146 valence electrons. The molecular weight excluding hydrogens is 356 g/mol. The molecule has 0 atom stereocenters. The molecule has 0 bridgehead atoms. The number of nitrogens with zero attached hydrogens (tertiary/aromatic N) is 3. The molecule has 1 amide bonds. The highest BCUT2D eigenvalue weighted by Crippen LogP contribution is 2.18.